The van der Waals surface area contributed by atoms with Gasteiger partial charge in [-0.1, -0.05) is 0 Å². The van der Waals surface area contributed by atoms with E-state index in [9.17, 15) is 0 Å². The third-order valence-corrected chi connectivity index (χ3v) is 9.60. The smallest absolute Gasteiger partial charge is 0.230 e. The standard InChI is InChI=1S/C21H26N6O2.C11H17N3O.C10H10ClN3O/c1-16-13-24-21(26-20(16)23-15-17-5-4-11-28-17)25-19-7-6-18(14-22-19)29-12-10-27-8-2-3-9-27;12-11-4-3-10(9-13-11)15-8-7-14-5-1-2-6-14;1-7-5-13-10(11)14-9(7)12-6-8-3-2-4-15-8/h4-7,11,13-14H,2-3,8-10,12,15H2,1H3,(H2,22,23,24,25,26);3-4,9H,1-2,5-8H2,(H2,12,13);2-5H,6H2,1H3,(H,12,13,14). The molecule has 17 heteroatoms. The number of pyridine rings is 2. The lowest BCUT2D eigenvalue weighted by Gasteiger charge is -2.15. The van der Waals surface area contributed by atoms with E-state index < -0.39 is 0 Å². The molecule has 0 amide bonds. The molecule has 8 heterocycles. The maximum Gasteiger partial charge on any atom is 0.230 e. The molecular formula is C42H53ClN12O4. The number of anilines is 5. The van der Waals surface area contributed by atoms with Crippen molar-refractivity contribution >= 4 is 40.8 Å². The molecule has 5 N–H and O–H groups in total. The van der Waals surface area contributed by atoms with Crippen LogP contribution in [-0.4, -0.2) is 92.2 Å². The lowest BCUT2D eigenvalue weighted by Crippen LogP contribution is -2.25. The van der Waals surface area contributed by atoms with Crippen LogP contribution in [0, 0.1) is 13.8 Å². The molecular weight excluding hydrogens is 772 g/mol. The van der Waals surface area contributed by atoms with Crippen LogP contribution in [-0.2, 0) is 13.1 Å². The van der Waals surface area contributed by atoms with Crippen molar-refractivity contribution in [1.82, 2.24) is 39.7 Å². The fourth-order valence-corrected chi connectivity index (χ4v) is 6.31. The van der Waals surface area contributed by atoms with Crippen LogP contribution in [0.1, 0.15) is 48.3 Å². The van der Waals surface area contributed by atoms with Gasteiger partial charge in [0.05, 0.1) is 38.0 Å². The van der Waals surface area contributed by atoms with Crippen LogP contribution in [0.3, 0.4) is 0 Å². The second-order valence-electron chi connectivity index (χ2n) is 14.0. The highest BCUT2D eigenvalue weighted by Gasteiger charge is 2.12. The number of halogens is 1. The molecule has 312 valence electrons. The summed E-state index contributed by atoms with van der Waals surface area (Å²) in [6.45, 7) is 13.2. The van der Waals surface area contributed by atoms with Gasteiger partial charge in [-0.2, -0.15) is 4.98 Å². The third-order valence-electron chi connectivity index (χ3n) is 9.42. The average Bonchev–Trinajstić information content (AvgIpc) is 4.11. The Morgan fingerprint density at radius 2 is 1.20 bits per heavy atom. The Morgan fingerprint density at radius 1 is 0.661 bits per heavy atom. The van der Waals surface area contributed by atoms with Gasteiger partial charge in [0, 0.05) is 36.6 Å². The summed E-state index contributed by atoms with van der Waals surface area (Å²) in [5.41, 5.74) is 7.39. The first-order valence-electron chi connectivity index (χ1n) is 19.9. The van der Waals surface area contributed by atoms with Crippen LogP contribution in [0.25, 0.3) is 0 Å². The maximum atomic E-state index is 5.79. The minimum atomic E-state index is 0.238. The van der Waals surface area contributed by atoms with Gasteiger partial charge >= 0.3 is 0 Å². The molecule has 6 aromatic heterocycles. The number of nitrogens with zero attached hydrogens (tertiary/aromatic N) is 8. The monoisotopic (exact) mass is 824 g/mol. The molecule has 0 bridgehead atoms. The van der Waals surface area contributed by atoms with Gasteiger partial charge < -0.3 is 40.0 Å². The first kappa shape index (κ1) is 42.6. The summed E-state index contributed by atoms with van der Waals surface area (Å²) in [6, 6.07) is 14.9. The molecule has 2 aliphatic rings. The van der Waals surface area contributed by atoms with Crippen LogP contribution >= 0.6 is 11.6 Å². The van der Waals surface area contributed by atoms with Gasteiger partial charge in [-0.3, -0.25) is 9.80 Å². The van der Waals surface area contributed by atoms with Gasteiger partial charge in [0.25, 0.3) is 0 Å². The molecule has 0 atom stereocenters. The Hall–Kier alpha value is -5.97. The molecule has 2 fully saturated rings. The zero-order chi connectivity index (χ0) is 41.1. The fraction of sp³-hybridized carbons (Fsp3) is 0.381. The van der Waals surface area contributed by atoms with Gasteiger partial charge in [0.15, 0.2) is 0 Å². The van der Waals surface area contributed by atoms with Gasteiger partial charge in [0.2, 0.25) is 11.2 Å². The van der Waals surface area contributed by atoms with Gasteiger partial charge in [-0.15, -0.1) is 0 Å². The molecule has 0 aromatic carbocycles. The highest BCUT2D eigenvalue weighted by Crippen LogP contribution is 2.19. The quantitative estimate of drug-likeness (QED) is 0.0706. The molecule has 16 nitrogen and oxygen atoms in total. The summed E-state index contributed by atoms with van der Waals surface area (Å²) >= 11 is 5.69. The second kappa shape index (κ2) is 22.8. The number of ether oxygens (including phenoxy) is 2. The van der Waals surface area contributed by atoms with E-state index in [2.05, 4.69) is 55.7 Å². The Balaban J connectivity index is 0.000000164. The number of rotatable bonds is 16. The lowest BCUT2D eigenvalue weighted by atomic mass is 10.3. The van der Waals surface area contributed by atoms with E-state index in [0.29, 0.717) is 37.3 Å². The minimum Gasteiger partial charge on any atom is -0.491 e. The van der Waals surface area contributed by atoms with Crippen molar-refractivity contribution in [1.29, 1.82) is 0 Å². The summed E-state index contributed by atoms with van der Waals surface area (Å²) in [7, 11) is 0. The number of nitrogen functional groups attached to an aromatic ring is 1. The normalized spacial score (nSPS) is 13.8. The van der Waals surface area contributed by atoms with E-state index in [0.717, 1.165) is 65.5 Å². The number of furan rings is 2. The van der Waals surface area contributed by atoms with Crippen LogP contribution in [0.2, 0.25) is 5.28 Å². The predicted octanol–water partition coefficient (Wildman–Crippen LogP) is 7.39. The van der Waals surface area contributed by atoms with Crippen molar-refractivity contribution < 1.29 is 18.3 Å². The van der Waals surface area contributed by atoms with Crippen molar-refractivity contribution in [2.45, 2.75) is 52.6 Å². The summed E-state index contributed by atoms with van der Waals surface area (Å²) in [4.78, 5) is 30.0. The molecule has 0 saturated carbocycles. The predicted molar refractivity (Wildman–Crippen MR) is 229 cm³/mol. The van der Waals surface area contributed by atoms with Crippen LogP contribution in [0.4, 0.5) is 29.2 Å². The van der Waals surface area contributed by atoms with E-state index in [4.69, 9.17) is 35.6 Å². The number of nitrogens with two attached hydrogens (primary N) is 1. The van der Waals surface area contributed by atoms with Crippen molar-refractivity contribution in [2.24, 2.45) is 0 Å². The minimum absolute atomic E-state index is 0.238. The number of hydrogen-bond donors (Lipinski definition) is 4. The highest BCUT2D eigenvalue weighted by atomic mass is 35.5. The van der Waals surface area contributed by atoms with Crippen LogP contribution < -0.4 is 31.2 Å². The zero-order valence-corrected chi connectivity index (χ0v) is 34.4. The van der Waals surface area contributed by atoms with Crippen molar-refractivity contribution in [3.05, 3.63) is 114 Å². The summed E-state index contributed by atoms with van der Waals surface area (Å²) in [5.74, 6) is 6.41. The van der Waals surface area contributed by atoms with E-state index in [1.165, 1.54) is 51.9 Å². The van der Waals surface area contributed by atoms with E-state index in [1.807, 2.05) is 56.3 Å². The summed E-state index contributed by atoms with van der Waals surface area (Å²) in [6.07, 6.45) is 15.4. The topological polar surface area (TPSA) is 191 Å². The van der Waals surface area contributed by atoms with Gasteiger partial charge in [-0.05, 0) is 126 Å². The molecule has 0 radical (unpaired) electrons. The van der Waals surface area contributed by atoms with Gasteiger partial charge in [-0.25, -0.2) is 24.9 Å². The molecule has 8 rings (SSSR count). The van der Waals surface area contributed by atoms with Crippen molar-refractivity contribution in [3.8, 4) is 11.5 Å². The largest absolute Gasteiger partial charge is 0.491 e. The molecule has 59 heavy (non-hydrogen) atoms. The Kier molecular flexibility index (Phi) is 16.5. The average molecular weight is 825 g/mol. The molecule has 6 aromatic rings. The SMILES string of the molecule is Cc1cnc(Cl)nc1NCc1ccco1.Cc1cnc(Nc2ccc(OCCN3CCCC3)cn2)nc1NCc1ccco1.Nc1ccc(OCCN2CCCC2)cn1. The van der Waals surface area contributed by atoms with Gasteiger partial charge in [0.1, 0.15) is 59.5 Å². The van der Waals surface area contributed by atoms with Crippen molar-refractivity contribution in [2.75, 3.05) is 74.2 Å². The molecule has 2 aliphatic heterocycles. The van der Waals surface area contributed by atoms with Crippen LogP contribution in [0.15, 0.2) is 94.7 Å². The lowest BCUT2D eigenvalue weighted by molar-refractivity contribution is 0.237. The zero-order valence-electron chi connectivity index (χ0n) is 33.6. The Bertz CT molecular complexity index is 2080. The van der Waals surface area contributed by atoms with E-state index in [-0.39, 0.29) is 5.28 Å². The first-order valence-corrected chi connectivity index (χ1v) is 20.2. The first-order chi connectivity index (χ1) is 28.9. The Morgan fingerprint density at radius 3 is 1.71 bits per heavy atom. The highest BCUT2D eigenvalue weighted by molar-refractivity contribution is 6.28. The second-order valence-corrected chi connectivity index (χ2v) is 14.3. The fourth-order valence-electron chi connectivity index (χ4n) is 6.18. The molecule has 0 aliphatic carbocycles. The van der Waals surface area contributed by atoms with E-state index >= 15 is 0 Å². The van der Waals surface area contributed by atoms with E-state index in [1.54, 1.807) is 43.4 Å². The van der Waals surface area contributed by atoms with Crippen LogP contribution in [0.5, 0.6) is 11.5 Å². The summed E-state index contributed by atoms with van der Waals surface area (Å²) in [5, 5.41) is 9.77. The number of aromatic nitrogens is 6. The number of aryl methyl sites for hydroxylation is 2. The Labute approximate surface area is 350 Å². The molecule has 2 saturated heterocycles. The summed E-state index contributed by atoms with van der Waals surface area (Å²) < 4.78 is 21.9. The molecule has 0 unspecified atom stereocenters. The number of hydrogen-bond acceptors (Lipinski definition) is 16. The third kappa shape index (κ3) is 14.7. The number of likely N-dealkylation sites (tertiary alicyclic amines) is 2. The molecule has 0 spiro atoms. The maximum absolute atomic E-state index is 5.79. The van der Waals surface area contributed by atoms with Crippen molar-refractivity contribution in [3.63, 3.8) is 0 Å². The number of nitrogens with one attached hydrogen (secondary N) is 3.